The number of nitrogens with zero attached hydrogens (tertiary/aromatic N) is 3. The Labute approximate surface area is 119 Å². The van der Waals surface area contributed by atoms with Crippen LogP contribution in [0.25, 0.3) is 10.9 Å². The second-order valence-electron chi connectivity index (χ2n) is 5.38. The zero-order chi connectivity index (χ0) is 14.2. The van der Waals surface area contributed by atoms with Crippen molar-refractivity contribution in [3.05, 3.63) is 60.0 Å². The lowest BCUT2D eigenvalue weighted by atomic mass is 9.90. The Kier molecular flexibility index (Phi) is 3.05. The molecule has 20 heavy (non-hydrogen) atoms. The standard InChI is InChI=1S/C17H19N3/c1-4-17(3,14-8-7-11-18-12-14)20-16-10-6-5-9-15(16)13(2)19-20/h5-12H,4H2,1-3H3. The van der Waals surface area contributed by atoms with Crippen LogP contribution in [-0.2, 0) is 5.54 Å². The minimum atomic E-state index is -0.178. The third kappa shape index (κ3) is 1.82. The maximum atomic E-state index is 4.80. The Morgan fingerprint density at radius 3 is 2.65 bits per heavy atom. The lowest BCUT2D eigenvalue weighted by molar-refractivity contribution is 0.350. The first kappa shape index (κ1) is 12.9. The fourth-order valence-corrected chi connectivity index (χ4v) is 2.76. The molecule has 3 heteroatoms. The minimum Gasteiger partial charge on any atom is -0.264 e. The van der Waals surface area contributed by atoms with E-state index in [4.69, 9.17) is 5.10 Å². The van der Waals surface area contributed by atoms with Gasteiger partial charge in [0.1, 0.15) is 0 Å². The van der Waals surface area contributed by atoms with E-state index in [1.165, 1.54) is 16.5 Å². The molecule has 102 valence electrons. The number of hydrogen-bond acceptors (Lipinski definition) is 2. The molecule has 3 nitrogen and oxygen atoms in total. The molecule has 0 N–H and O–H groups in total. The van der Waals surface area contributed by atoms with Gasteiger partial charge < -0.3 is 0 Å². The van der Waals surface area contributed by atoms with Gasteiger partial charge in [-0.3, -0.25) is 9.67 Å². The second-order valence-corrected chi connectivity index (χ2v) is 5.38. The lowest BCUT2D eigenvalue weighted by Gasteiger charge is -2.30. The van der Waals surface area contributed by atoms with E-state index in [1.807, 2.05) is 18.5 Å². The summed E-state index contributed by atoms with van der Waals surface area (Å²) in [4.78, 5) is 4.27. The van der Waals surface area contributed by atoms with Crippen molar-refractivity contribution in [3.63, 3.8) is 0 Å². The van der Waals surface area contributed by atoms with Crippen LogP contribution in [0.1, 0.15) is 31.5 Å². The van der Waals surface area contributed by atoms with Crippen molar-refractivity contribution < 1.29 is 0 Å². The van der Waals surface area contributed by atoms with E-state index < -0.39 is 0 Å². The Bertz CT molecular complexity index is 730. The highest BCUT2D eigenvalue weighted by atomic mass is 15.3. The first-order chi connectivity index (χ1) is 9.66. The zero-order valence-corrected chi connectivity index (χ0v) is 12.2. The molecule has 2 heterocycles. The predicted molar refractivity (Wildman–Crippen MR) is 81.7 cm³/mol. The van der Waals surface area contributed by atoms with E-state index >= 15 is 0 Å². The first-order valence-electron chi connectivity index (χ1n) is 7.02. The van der Waals surface area contributed by atoms with Crippen LogP contribution in [0.3, 0.4) is 0 Å². The third-order valence-electron chi connectivity index (χ3n) is 4.21. The smallest absolute Gasteiger partial charge is 0.0867 e. The van der Waals surface area contributed by atoms with Gasteiger partial charge in [0.2, 0.25) is 0 Å². The molecule has 0 aliphatic rings. The van der Waals surface area contributed by atoms with Gasteiger partial charge in [-0.25, -0.2) is 0 Å². The molecule has 3 aromatic rings. The molecule has 0 saturated carbocycles. The lowest BCUT2D eigenvalue weighted by Crippen LogP contribution is -2.32. The molecule has 1 aromatic carbocycles. The summed E-state index contributed by atoms with van der Waals surface area (Å²) in [7, 11) is 0. The SMILES string of the molecule is CCC(C)(c1cccnc1)n1nc(C)c2ccccc21. The van der Waals surface area contributed by atoms with Crippen LogP contribution in [-0.4, -0.2) is 14.8 Å². The average molecular weight is 265 g/mol. The molecule has 0 spiro atoms. The van der Waals surface area contributed by atoms with E-state index in [1.54, 1.807) is 0 Å². The number of fused-ring (bicyclic) bond motifs is 1. The number of hydrogen-bond donors (Lipinski definition) is 0. The summed E-state index contributed by atoms with van der Waals surface area (Å²) in [6.07, 6.45) is 4.71. The van der Waals surface area contributed by atoms with Gasteiger partial charge in [0.25, 0.3) is 0 Å². The molecule has 0 bridgehead atoms. The van der Waals surface area contributed by atoms with Crippen LogP contribution < -0.4 is 0 Å². The van der Waals surface area contributed by atoms with Gasteiger partial charge in [0.05, 0.1) is 16.7 Å². The van der Waals surface area contributed by atoms with E-state index in [0.717, 1.165) is 12.1 Å². The Morgan fingerprint density at radius 2 is 1.95 bits per heavy atom. The van der Waals surface area contributed by atoms with Crippen LogP contribution in [0.4, 0.5) is 0 Å². The Morgan fingerprint density at radius 1 is 1.15 bits per heavy atom. The number of pyridine rings is 1. The predicted octanol–water partition coefficient (Wildman–Crippen LogP) is 3.91. The fraction of sp³-hybridized carbons (Fsp3) is 0.294. The molecule has 0 saturated heterocycles. The van der Waals surface area contributed by atoms with Crippen molar-refractivity contribution in [1.29, 1.82) is 0 Å². The fourth-order valence-electron chi connectivity index (χ4n) is 2.76. The van der Waals surface area contributed by atoms with E-state index in [9.17, 15) is 0 Å². The van der Waals surface area contributed by atoms with E-state index in [-0.39, 0.29) is 5.54 Å². The molecule has 1 unspecified atom stereocenters. The summed E-state index contributed by atoms with van der Waals surface area (Å²) in [5.74, 6) is 0. The first-order valence-corrected chi connectivity index (χ1v) is 7.02. The quantitative estimate of drug-likeness (QED) is 0.718. The number of aryl methyl sites for hydroxylation is 1. The number of rotatable bonds is 3. The number of benzene rings is 1. The maximum Gasteiger partial charge on any atom is 0.0867 e. The summed E-state index contributed by atoms with van der Waals surface area (Å²) >= 11 is 0. The monoisotopic (exact) mass is 265 g/mol. The van der Waals surface area contributed by atoms with E-state index in [0.29, 0.717) is 0 Å². The van der Waals surface area contributed by atoms with Crippen LogP contribution in [0, 0.1) is 6.92 Å². The van der Waals surface area contributed by atoms with Gasteiger partial charge in [-0.05, 0) is 38.0 Å². The van der Waals surface area contributed by atoms with Gasteiger partial charge in [-0.15, -0.1) is 0 Å². The van der Waals surface area contributed by atoms with E-state index in [2.05, 4.69) is 60.8 Å². The summed E-state index contributed by atoms with van der Waals surface area (Å²) in [6, 6.07) is 12.5. The van der Waals surface area contributed by atoms with Crippen molar-refractivity contribution in [3.8, 4) is 0 Å². The van der Waals surface area contributed by atoms with Gasteiger partial charge >= 0.3 is 0 Å². The molecule has 0 aliphatic heterocycles. The van der Waals surface area contributed by atoms with Crippen LogP contribution >= 0.6 is 0 Å². The summed E-state index contributed by atoms with van der Waals surface area (Å²) in [5.41, 5.74) is 3.26. The third-order valence-corrected chi connectivity index (χ3v) is 4.21. The molecular formula is C17H19N3. The van der Waals surface area contributed by atoms with Gasteiger partial charge in [0.15, 0.2) is 0 Å². The van der Waals surface area contributed by atoms with Gasteiger partial charge in [0, 0.05) is 17.8 Å². The van der Waals surface area contributed by atoms with Crippen molar-refractivity contribution in [2.75, 3.05) is 0 Å². The molecular weight excluding hydrogens is 246 g/mol. The highest BCUT2D eigenvalue weighted by molar-refractivity contribution is 5.82. The normalized spacial score (nSPS) is 14.3. The minimum absolute atomic E-state index is 0.178. The van der Waals surface area contributed by atoms with Crippen molar-refractivity contribution in [2.45, 2.75) is 32.7 Å². The number of aromatic nitrogens is 3. The maximum absolute atomic E-state index is 4.80. The zero-order valence-electron chi connectivity index (χ0n) is 12.2. The summed E-state index contributed by atoms with van der Waals surface area (Å²) < 4.78 is 2.15. The Hall–Kier alpha value is -2.16. The summed E-state index contributed by atoms with van der Waals surface area (Å²) in [6.45, 7) is 6.49. The average Bonchev–Trinajstić information content (AvgIpc) is 2.85. The summed E-state index contributed by atoms with van der Waals surface area (Å²) in [5, 5.41) is 6.02. The molecule has 0 radical (unpaired) electrons. The number of para-hydroxylation sites is 1. The largest absolute Gasteiger partial charge is 0.264 e. The van der Waals surface area contributed by atoms with Crippen molar-refractivity contribution in [2.24, 2.45) is 0 Å². The highest BCUT2D eigenvalue weighted by Crippen LogP contribution is 2.32. The van der Waals surface area contributed by atoms with Gasteiger partial charge in [-0.2, -0.15) is 5.10 Å². The molecule has 0 amide bonds. The van der Waals surface area contributed by atoms with Crippen molar-refractivity contribution in [1.82, 2.24) is 14.8 Å². The van der Waals surface area contributed by atoms with Crippen LogP contribution in [0.5, 0.6) is 0 Å². The molecule has 1 atom stereocenters. The highest BCUT2D eigenvalue weighted by Gasteiger charge is 2.29. The molecule has 2 aromatic heterocycles. The van der Waals surface area contributed by atoms with Crippen LogP contribution in [0.2, 0.25) is 0 Å². The van der Waals surface area contributed by atoms with Gasteiger partial charge in [-0.1, -0.05) is 31.2 Å². The molecule has 0 fully saturated rings. The molecule has 0 aliphatic carbocycles. The Balaban J connectivity index is 2.27. The van der Waals surface area contributed by atoms with Crippen LogP contribution in [0.15, 0.2) is 48.8 Å². The molecule has 3 rings (SSSR count). The van der Waals surface area contributed by atoms with Crippen molar-refractivity contribution >= 4 is 10.9 Å². The second kappa shape index (κ2) is 4.75. The topological polar surface area (TPSA) is 30.7 Å².